The van der Waals surface area contributed by atoms with Crippen LogP contribution in [0.1, 0.15) is 18.4 Å². The molecular weight excluding hydrogens is 330 g/mol. The van der Waals surface area contributed by atoms with Gasteiger partial charge < -0.3 is 4.90 Å². The summed E-state index contributed by atoms with van der Waals surface area (Å²) in [7, 11) is -3.23. The van der Waals surface area contributed by atoms with Gasteiger partial charge in [0, 0.05) is 30.7 Å². The number of nitrogens with zero attached hydrogens (tertiary/aromatic N) is 2. The highest BCUT2D eigenvalue weighted by Crippen LogP contribution is 2.22. The highest BCUT2D eigenvalue weighted by molar-refractivity contribution is 7.89. The molecule has 0 amide bonds. The molecule has 3 rings (SSSR count). The van der Waals surface area contributed by atoms with E-state index < -0.39 is 10.0 Å². The Morgan fingerprint density at radius 3 is 2.61 bits per heavy atom. The Morgan fingerprint density at radius 1 is 1.22 bits per heavy atom. The minimum atomic E-state index is -3.23. The number of aromatic nitrogens is 1. The highest BCUT2D eigenvalue weighted by Gasteiger charge is 2.24. The van der Waals surface area contributed by atoms with Crippen LogP contribution in [0, 0.1) is 0 Å². The molecule has 1 aromatic carbocycles. The maximum Gasteiger partial charge on any atom is 0.212 e. The summed E-state index contributed by atoms with van der Waals surface area (Å²) in [5, 5.41) is 2.99. The Bertz CT molecular complexity index is 694. The van der Waals surface area contributed by atoms with E-state index in [2.05, 4.69) is 14.6 Å². The summed E-state index contributed by atoms with van der Waals surface area (Å²) < 4.78 is 27.4. The van der Waals surface area contributed by atoms with Gasteiger partial charge in [-0.05, 0) is 24.8 Å². The van der Waals surface area contributed by atoms with Gasteiger partial charge in [0.25, 0.3) is 0 Å². The number of sulfonamides is 1. The Kier molecular flexibility index (Phi) is 5.30. The average Bonchev–Trinajstić information content (AvgIpc) is 3.09. The van der Waals surface area contributed by atoms with Crippen LogP contribution in [0.15, 0.2) is 41.9 Å². The topological polar surface area (TPSA) is 62.3 Å². The van der Waals surface area contributed by atoms with Crippen LogP contribution in [0.5, 0.6) is 0 Å². The van der Waals surface area contributed by atoms with E-state index in [0.29, 0.717) is 6.42 Å². The fraction of sp³-hybridized carbons (Fsp3) is 0.438. The lowest BCUT2D eigenvalue weighted by Gasteiger charge is -2.31. The van der Waals surface area contributed by atoms with Crippen LogP contribution >= 0.6 is 11.3 Å². The van der Waals surface area contributed by atoms with Gasteiger partial charge in [0.1, 0.15) is 0 Å². The zero-order valence-corrected chi connectivity index (χ0v) is 14.5. The minimum Gasteiger partial charge on any atom is -0.348 e. The molecule has 1 saturated heterocycles. The second-order valence-corrected chi connectivity index (χ2v) is 8.49. The predicted molar refractivity (Wildman–Crippen MR) is 94.4 cm³/mol. The summed E-state index contributed by atoms with van der Waals surface area (Å²) in [6.45, 7) is 1.69. The number of hydrogen-bond donors (Lipinski definition) is 1. The molecule has 0 atom stereocenters. The van der Waals surface area contributed by atoms with Crippen molar-refractivity contribution in [3.05, 3.63) is 47.5 Å². The van der Waals surface area contributed by atoms with Crippen molar-refractivity contribution in [1.29, 1.82) is 0 Å². The molecule has 1 N–H and O–H groups in total. The van der Waals surface area contributed by atoms with Gasteiger partial charge in [-0.2, -0.15) is 0 Å². The largest absolute Gasteiger partial charge is 0.348 e. The van der Waals surface area contributed by atoms with Gasteiger partial charge in [-0.15, -0.1) is 11.3 Å². The second kappa shape index (κ2) is 7.42. The van der Waals surface area contributed by atoms with Gasteiger partial charge in [-0.3, -0.25) is 0 Å². The first-order valence-electron chi connectivity index (χ1n) is 7.81. The molecule has 1 aromatic heterocycles. The van der Waals surface area contributed by atoms with E-state index in [0.717, 1.165) is 36.6 Å². The summed E-state index contributed by atoms with van der Waals surface area (Å²) in [6, 6.07) is 9.76. The maximum absolute atomic E-state index is 12.2. The van der Waals surface area contributed by atoms with E-state index in [-0.39, 0.29) is 11.8 Å². The van der Waals surface area contributed by atoms with Gasteiger partial charge in [0.2, 0.25) is 10.0 Å². The number of aryl methyl sites for hydroxylation is 1. The SMILES string of the molecule is O=S(=O)(CCc1ccccc1)NC1CCN(c2nccs2)CC1. The number of anilines is 1. The Balaban J connectivity index is 1.47. The monoisotopic (exact) mass is 351 g/mol. The summed E-state index contributed by atoms with van der Waals surface area (Å²) in [5.41, 5.74) is 1.05. The van der Waals surface area contributed by atoms with Crippen LogP contribution < -0.4 is 9.62 Å². The molecule has 124 valence electrons. The van der Waals surface area contributed by atoms with Crippen molar-refractivity contribution in [2.24, 2.45) is 0 Å². The van der Waals surface area contributed by atoms with E-state index in [1.165, 1.54) is 0 Å². The number of benzene rings is 1. The van der Waals surface area contributed by atoms with Gasteiger partial charge in [-0.1, -0.05) is 30.3 Å². The lowest BCUT2D eigenvalue weighted by Crippen LogP contribution is -2.45. The summed E-state index contributed by atoms with van der Waals surface area (Å²) >= 11 is 1.63. The standard InChI is InChI=1S/C16H21N3O2S2/c20-23(21,13-8-14-4-2-1-3-5-14)18-15-6-10-19(11-7-15)16-17-9-12-22-16/h1-5,9,12,15,18H,6-8,10-11,13H2. The molecule has 0 aliphatic carbocycles. The van der Waals surface area contributed by atoms with Gasteiger partial charge >= 0.3 is 0 Å². The van der Waals surface area contributed by atoms with Crippen molar-refractivity contribution in [3.63, 3.8) is 0 Å². The molecular formula is C16H21N3O2S2. The van der Waals surface area contributed by atoms with Crippen LogP contribution in [0.25, 0.3) is 0 Å². The summed E-state index contributed by atoms with van der Waals surface area (Å²) in [5.74, 6) is 0.143. The van der Waals surface area contributed by atoms with Crippen LogP contribution in [-0.4, -0.2) is 38.3 Å². The van der Waals surface area contributed by atoms with Crippen LogP contribution in [0.3, 0.4) is 0 Å². The van der Waals surface area contributed by atoms with Crippen LogP contribution in [-0.2, 0) is 16.4 Å². The zero-order valence-electron chi connectivity index (χ0n) is 12.9. The third-order valence-corrected chi connectivity index (χ3v) is 6.30. The normalized spacial score (nSPS) is 16.6. The molecule has 1 fully saturated rings. The number of hydrogen-bond acceptors (Lipinski definition) is 5. The van der Waals surface area contributed by atoms with E-state index in [4.69, 9.17) is 0 Å². The smallest absolute Gasteiger partial charge is 0.212 e. The minimum absolute atomic E-state index is 0.0342. The second-order valence-electron chi connectivity index (χ2n) is 5.75. The van der Waals surface area contributed by atoms with Crippen molar-refractivity contribution in [3.8, 4) is 0 Å². The third kappa shape index (κ3) is 4.76. The lowest BCUT2D eigenvalue weighted by molar-refractivity contribution is 0.459. The molecule has 0 radical (unpaired) electrons. The van der Waals surface area contributed by atoms with E-state index in [1.807, 2.05) is 35.7 Å². The quantitative estimate of drug-likeness (QED) is 0.867. The summed E-state index contributed by atoms with van der Waals surface area (Å²) in [4.78, 5) is 6.53. The molecule has 0 unspecified atom stereocenters. The van der Waals surface area contributed by atoms with E-state index in [9.17, 15) is 8.42 Å². The first-order valence-corrected chi connectivity index (χ1v) is 10.3. The van der Waals surface area contributed by atoms with Crippen LogP contribution in [0.2, 0.25) is 0 Å². The van der Waals surface area contributed by atoms with E-state index >= 15 is 0 Å². The third-order valence-electron chi connectivity index (χ3n) is 4.03. The number of nitrogens with one attached hydrogen (secondary N) is 1. The first-order chi connectivity index (χ1) is 11.1. The van der Waals surface area contributed by atoms with Crippen LogP contribution in [0.4, 0.5) is 5.13 Å². The van der Waals surface area contributed by atoms with Gasteiger partial charge in [-0.25, -0.2) is 18.1 Å². The van der Waals surface area contributed by atoms with Crippen molar-refractivity contribution in [2.75, 3.05) is 23.7 Å². The molecule has 0 bridgehead atoms. The molecule has 2 aromatic rings. The Morgan fingerprint density at radius 2 is 1.96 bits per heavy atom. The fourth-order valence-corrected chi connectivity index (χ4v) is 4.83. The zero-order chi connectivity index (χ0) is 16.1. The van der Waals surface area contributed by atoms with Crippen molar-refractivity contribution >= 4 is 26.5 Å². The first kappa shape index (κ1) is 16.4. The van der Waals surface area contributed by atoms with Gasteiger partial charge in [0.05, 0.1) is 5.75 Å². The molecule has 0 spiro atoms. The van der Waals surface area contributed by atoms with Crippen molar-refractivity contribution in [1.82, 2.24) is 9.71 Å². The Hall–Kier alpha value is -1.44. The molecule has 23 heavy (non-hydrogen) atoms. The predicted octanol–water partition coefficient (Wildman–Crippen LogP) is 2.27. The molecule has 2 heterocycles. The molecule has 1 aliphatic rings. The molecule has 1 aliphatic heterocycles. The molecule has 7 heteroatoms. The van der Waals surface area contributed by atoms with E-state index in [1.54, 1.807) is 17.5 Å². The maximum atomic E-state index is 12.2. The lowest BCUT2D eigenvalue weighted by atomic mass is 10.1. The summed E-state index contributed by atoms with van der Waals surface area (Å²) in [6.07, 6.45) is 4.00. The number of thiazole rings is 1. The highest BCUT2D eigenvalue weighted by atomic mass is 32.2. The number of piperidine rings is 1. The van der Waals surface area contributed by atoms with Gasteiger partial charge in [0.15, 0.2) is 5.13 Å². The van der Waals surface area contributed by atoms with Crippen molar-refractivity contribution in [2.45, 2.75) is 25.3 Å². The van der Waals surface area contributed by atoms with Crippen molar-refractivity contribution < 1.29 is 8.42 Å². The fourth-order valence-electron chi connectivity index (χ4n) is 2.77. The average molecular weight is 351 g/mol. The molecule has 5 nitrogen and oxygen atoms in total. The Labute approximate surface area is 141 Å². The number of rotatable bonds is 6. The molecule has 0 saturated carbocycles.